The van der Waals surface area contributed by atoms with Crippen LogP contribution in [-0.4, -0.2) is 29.7 Å². The number of carbonyl (C=O) groups is 1. The van der Waals surface area contributed by atoms with Gasteiger partial charge in [0.05, 0.1) is 18.2 Å². The van der Waals surface area contributed by atoms with Crippen LogP contribution < -0.4 is 10.6 Å². The maximum atomic E-state index is 12.4. The molecule has 1 fully saturated rings. The van der Waals surface area contributed by atoms with Crippen LogP contribution in [0.25, 0.3) is 22.2 Å². The summed E-state index contributed by atoms with van der Waals surface area (Å²) in [5.74, 6) is -0.0163. The van der Waals surface area contributed by atoms with Gasteiger partial charge >= 0.3 is 6.18 Å². The lowest BCUT2D eigenvalue weighted by Crippen LogP contribution is -2.40. The zero-order valence-corrected chi connectivity index (χ0v) is 20.3. The Kier molecular flexibility index (Phi) is 8.32. The standard InChI is InChI=1S/C19H20F3N3O.C8H6OS/c20-19(21,22)11-13-3-5-15(6-4-13)17-10-14(7-9-24-17)12-25-18(26)16-2-1-8-23-16;10-8-5-6-3-1-2-4-7(6)9-8/h3-7,9-10,16,23H,1-2,8,11-12H2,(H,25,26);1-5,10H. The molecule has 1 saturated heterocycles. The highest BCUT2D eigenvalue weighted by molar-refractivity contribution is 7.80. The Balaban J connectivity index is 0.000000251. The predicted molar refractivity (Wildman–Crippen MR) is 136 cm³/mol. The first-order valence-corrected chi connectivity index (χ1v) is 12.0. The molecule has 5 nitrogen and oxygen atoms in total. The lowest BCUT2D eigenvalue weighted by Gasteiger charge is -2.12. The molecule has 4 aromatic rings. The smallest absolute Gasteiger partial charge is 0.393 e. The average molecular weight is 514 g/mol. The summed E-state index contributed by atoms with van der Waals surface area (Å²) >= 11 is 4.08. The molecule has 3 heterocycles. The second kappa shape index (κ2) is 11.6. The molecule has 5 rings (SSSR count). The molecule has 0 aliphatic carbocycles. The number of benzene rings is 2. The van der Waals surface area contributed by atoms with Gasteiger partial charge in [0.2, 0.25) is 5.91 Å². The average Bonchev–Trinajstić information content (AvgIpc) is 3.52. The summed E-state index contributed by atoms with van der Waals surface area (Å²) in [5.41, 5.74) is 3.40. The zero-order chi connectivity index (χ0) is 25.5. The van der Waals surface area contributed by atoms with E-state index in [2.05, 4.69) is 28.2 Å². The van der Waals surface area contributed by atoms with E-state index >= 15 is 0 Å². The topological polar surface area (TPSA) is 67.2 Å². The van der Waals surface area contributed by atoms with Crippen LogP contribution in [0.5, 0.6) is 0 Å². The van der Waals surface area contributed by atoms with Crippen molar-refractivity contribution in [3.05, 3.63) is 84.1 Å². The van der Waals surface area contributed by atoms with Crippen molar-refractivity contribution in [2.45, 2.75) is 43.1 Å². The molecule has 1 aliphatic rings. The fourth-order valence-corrected chi connectivity index (χ4v) is 4.19. The maximum Gasteiger partial charge on any atom is 0.393 e. The minimum atomic E-state index is -4.22. The monoisotopic (exact) mass is 513 g/mol. The number of nitrogens with one attached hydrogen (secondary N) is 2. The summed E-state index contributed by atoms with van der Waals surface area (Å²) in [4.78, 5) is 16.3. The fourth-order valence-electron chi connectivity index (χ4n) is 3.96. The third-order valence-electron chi connectivity index (χ3n) is 5.73. The molecule has 0 bridgehead atoms. The molecule has 0 spiro atoms. The number of aromatic nitrogens is 1. The second-order valence-corrected chi connectivity index (χ2v) is 8.97. The maximum absolute atomic E-state index is 12.4. The molecule has 0 radical (unpaired) electrons. The van der Waals surface area contributed by atoms with E-state index in [9.17, 15) is 18.0 Å². The molecule has 1 unspecified atom stereocenters. The van der Waals surface area contributed by atoms with Crippen LogP contribution in [0.3, 0.4) is 0 Å². The van der Waals surface area contributed by atoms with E-state index in [-0.39, 0.29) is 17.5 Å². The third-order valence-corrected chi connectivity index (χ3v) is 5.96. The number of nitrogens with zero attached hydrogens (tertiary/aromatic N) is 1. The van der Waals surface area contributed by atoms with Crippen molar-refractivity contribution in [2.75, 3.05) is 6.54 Å². The van der Waals surface area contributed by atoms with Gasteiger partial charge in [-0.2, -0.15) is 13.2 Å². The summed E-state index contributed by atoms with van der Waals surface area (Å²) in [6, 6.07) is 19.5. The van der Waals surface area contributed by atoms with Gasteiger partial charge < -0.3 is 15.1 Å². The quantitative estimate of drug-likeness (QED) is 0.289. The van der Waals surface area contributed by atoms with Gasteiger partial charge in [-0.1, -0.05) is 42.5 Å². The zero-order valence-electron chi connectivity index (χ0n) is 19.4. The Morgan fingerprint density at radius 2 is 1.86 bits per heavy atom. The van der Waals surface area contributed by atoms with E-state index < -0.39 is 12.6 Å². The third kappa shape index (κ3) is 7.35. The van der Waals surface area contributed by atoms with E-state index in [0.717, 1.165) is 41.5 Å². The lowest BCUT2D eigenvalue weighted by molar-refractivity contribution is -0.127. The highest BCUT2D eigenvalue weighted by Gasteiger charge is 2.27. The van der Waals surface area contributed by atoms with E-state index in [1.165, 1.54) is 12.1 Å². The first kappa shape index (κ1) is 25.8. The number of amides is 1. The molecule has 1 atom stereocenters. The van der Waals surface area contributed by atoms with Crippen LogP contribution in [0.15, 0.2) is 82.4 Å². The first-order valence-electron chi connectivity index (χ1n) is 11.6. The Labute approximate surface area is 212 Å². The predicted octanol–water partition coefficient (Wildman–Crippen LogP) is 5.94. The number of hydrogen-bond donors (Lipinski definition) is 3. The van der Waals surface area contributed by atoms with Crippen molar-refractivity contribution in [3.8, 4) is 11.3 Å². The van der Waals surface area contributed by atoms with Crippen LogP contribution in [0.1, 0.15) is 24.0 Å². The number of rotatable bonds is 5. The number of pyridine rings is 1. The summed E-state index contributed by atoms with van der Waals surface area (Å²) in [6.07, 6.45) is -1.68. The van der Waals surface area contributed by atoms with Gasteiger partial charge in [0, 0.05) is 23.7 Å². The van der Waals surface area contributed by atoms with E-state index in [1.54, 1.807) is 18.3 Å². The van der Waals surface area contributed by atoms with Crippen molar-refractivity contribution < 1.29 is 22.4 Å². The molecule has 2 aromatic carbocycles. The summed E-state index contributed by atoms with van der Waals surface area (Å²) in [5, 5.41) is 7.82. The van der Waals surface area contributed by atoms with E-state index in [4.69, 9.17) is 4.42 Å². The van der Waals surface area contributed by atoms with Gasteiger partial charge in [-0.3, -0.25) is 9.78 Å². The normalized spacial score (nSPS) is 15.4. The Morgan fingerprint density at radius 3 is 2.56 bits per heavy atom. The highest BCUT2D eigenvalue weighted by Crippen LogP contribution is 2.24. The number of thiol groups is 1. The van der Waals surface area contributed by atoms with E-state index in [0.29, 0.717) is 17.3 Å². The molecule has 188 valence electrons. The molecule has 2 aromatic heterocycles. The molecule has 1 aliphatic heterocycles. The number of fused-ring (bicyclic) bond motifs is 1. The van der Waals surface area contributed by atoms with Crippen molar-refractivity contribution in [1.29, 1.82) is 0 Å². The molecule has 36 heavy (non-hydrogen) atoms. The van der Waals surface area contributed by atoms with Crippen molar-refractivity contribution in [1.82, 2.24) is 15.6 Å². The minimum Gasteiger partial charge on any atom is -0.450 e. The number of halogens is 3. The van der Waals surface area contributed by atoms with Crippen LogP contribution in [0.2, 0.25) is 0 Å². The molecule has 0 saturated carbocycles. The molecule has 2 N–H and O–H groups in total. The van der Waals surface area contributed by atoms with Gasteiger partial charge in [-0.05, 0) is 54.8 Å². The van der Waals surface area contributed by atoms with Gasteiger partial charge in [0.1, 0.15) is 5.58 Å². The second-order valence-electron chi connectivity index (χ2n) is 8.53. The number of carbonyl (C=O) groups excluding carboxylic acids is 1. The SMILES string of the molecule is O=C(NCc1ccnc(-c2ccc(CC(F)(F)F)cc2)c1)C1CCCN1.Sc1cc2ccccc2o1. The molecular weight excluding hydrogens is 487 g/mol. The highest BCUT2D eigenvalue weighted by atomic mass is 32.1. The van der Waals surface area contributed by atoms with Gasteiger partial charge in [-0.15, -0.1) is 12.6 Å². The minimum absolute atomic E-state index is 0.0163. The Bertz CT molecular complexity index is 1270. The number of para-hydroxylation sites is 1. The fraction of sp³-hybridized carbons (Fsp3) is 0.259. The van der Waals surface area contributed by atoms with Crippen LogP contribution in [0, 0.1) is 0 Å². The largest absolute Gasteiger partial charge is 0.450 e. The van der Waals surface area contributed by atoms with Gasteiger partial charge in [0.25, 0.3) is 0 Å². The molecule has 1 amide bonds. The number of hydrogen-bond acceptors (Lipinski definition) is 5. The first-order chi connectivity index (χ1) is 17.3. The number of alkyl halides is 3. The van der Waals surface area contributed by atoms with Gasteiger partial charge in [0.15, 0.2) is 5.09 Å². The van der Waals surface area contributed by atoms with Crippen LogP contribution in [-0.2, 0) is 17.8 Å². The van der Waals surface area contributed by atoms with Crippen molar-refractivity contribution >= 4 is 29.5 Å². The summed E-state index contributed by atoms with van der Waals surface area (Å²) in [7, 11) is 0. The number of furan rings is 1. The molecular formula is C27H26F3N3O2S. The van der Waals surface area contributed by atoms with Crippen LogP contribution in [0.4, 0.5) is 13.2 Å². The Morgan fingerprint density at radius 1 is 1.08 bits per heavy atom. The summed E-state index contributed by atoms with van der Waals surface area (Å²) in [6.45, 7) is 1.25. The van der Waals surface area contributed by atoms with Crippen molar-refractivity contribution in [3.63, 3.8) is 0 Å². The summed E-state index contributed by atoms with van der Waals surface area (Å²) < 4.78 is 42.5. The van der Waals surface area contributed by atoms with E-state index in [1.807, 2.05) is 42.5 Å². The Hall–Kier alpha value is -3.30. The van der Waals surface area contributed by atoms with Crippen molar-refractivity contribution in [2.24, 2.45) is 0 Å². The lowest BCUT2D eigenvalue weighted by atomic mass is 10.1. The molecule has 9 heteroatoms. The van der Waals surface area contributed by atoms with Gasteiger partial charge in [-0.25, -0.2) is 0 Å². The van der Waals surface area contributed by atoms with Crippen LogP contribution >= 0.6 is 12.6 Å².